The third kappa shape index (κ3) is 4.84. The topological polar surface area (TPSA) is 53.3 Å². The molecule has 2 aliphatic heterocycles. The van der Waals surface area contributed by atoms with Gasteiger partial charge in [-0.1, -0.05) is 11.3 Å². The molecule has 0 aliphatic carbocycles. The molecule has 4 aromatic rings. The fourth-order valence-electron chi connectivity index (χ4n) is 4.19. The number of fused-ring (bicyclic) bond motifs is 1. The van der Waals surface area contributed by atoms with Crippen molar-refractivity contribution in [1.29, 1.82) is 0 Å². The minimum Gasteiger partial charge on any atom is -0.378 e. The van der Waals surface area contributed by atoms with Crippen LogP contribution in [0.5, 0.6) is 0 Å². The minimum atomic E-state index is 0.799. The molecule has 174 valence electrons. The lowest BCUT2D eigenvalue weighted by atomic mass is 10.2. The fraction of sp³-hybridized carbons (Fsp3) is 0.320. The first-order chi connectivity index (χ1) is 16.8. The molecule has 6 rings (SSSR count). The van der Waals surface area contributed by atoms with Gasteiger partial charge in [0, 0.05) is 54.6 Å². The molecule has 9 heteroatoms. The van der Waals surface area contributed by atoms with Gasteiger partial charge in [-0.15, -0.1) is 21.6 Å². The van der Waals surface area contributed by atoms with Crippen molar-refractivity contribution >= 4 is 66.0 Å². The predicted molar refractivity (Wildman–Crippen MR) is 146 cm³/mol. The maximum absolute atomic E-state index is 5.45. The number of ether oxygens (including phenoxy) is 1. The highest BCUT2D eigenvalue weighted by Gasteiger charge is 2.14. The Morgan fingerprint density at radius 1 is 0.765 bits per heavy atom. The molecule has 0 unspecified atom stereocenters. The summed E-state index contributed by atoms with van der Waals surface area (Å²) in [5.41, 5.74) is 4.54. The summed E-state index contributed by atoms with van der Waals surface area (Å²) in [6.45, 7) is 5.73. The zero-order valence-corrected chi connectivity index (χ0v) is 21.2. The lowest BCUT2D eigenvalue weighted by Crippen LogP contribution is -2.36. The number of hydrogen-bond donors (Lipinski definition) is 0. The average Bonchev–Trinajstić information content (AvgIpc) is 3.48. The van der Waals surface area contributed by atoms with E-state index in [0.717, 1.165) is 70.2 Å². The Hall–Kier alpha value is -2.46. The van der Waals surface area contributed by atoms with Crippen LogP contribution in [0.1, 0.15) is 0 Å². The number of azo groups is 1. The van der Waals surface area contributed by atoms with Crippen LogP contribution in [0, 0.1) is 0 Å². The lowest BCUT2D eigenvalue weighted by molar-refractivity contribution is 0.122. The van der Waals surface area contributed by atoms with E-state index in [-0.39, 0.29) is 0 Å². The number of hydrogen-bond acceptors (Lipinski definition) is 9. The number of thiazole rings is 1. The van der Waals surface area contributed by atoms with Gasteiger partial charge in [0.05, 0.1) is 23.6 Å². The summed E-state index contributed by atoms with van der Waals surface area (Å²) < 4.78 is 6.61. The molecule has 2 aromatic heterocycles. The van der Waals surface area contributed by atoms with E-state index in [0.29, 0.717) is 0 Å². The van der Waals surface area contributed by atoms with E-state index in [1.807, 2.05) is 23.9 Å². The van der Waals surface area contributed by atoms with Crippen LogP contribution in [0.2, 0.25) is 0 Å². The van der Waals surface area contributed by atoms with Gasteiger partial charge in [0.15, 0.2) is 0 Å². The molecular formula is C25H25N5OS3. The Balaban J connectivity index is 1.13. The number of thioether (sulfide) groups is 1. The Labute approximate surface area is 211 Å². The number of rotatable bonds is 5. The first-order valence-electron chi connectivity index (χ1n) is 11.5. The van der Waals surface area contributed by atoms with Gasteiger partial charge in [-0.05, 0) is 54.6 Å². The summed E-state index contributed by atoms with van der Waals surface area (Å²) in [6, 6.07) is 19.2. The maximum atomic E-state index is 5.45. The minimum absolute atomic E-state index is 0.799. The van der Waals surface area contributed by atoms with E-state index in [2.05, 4.69) is 62.5 Å². The van der Waals surface area contributed by atoms with E-state index >= 15 is 0 Å². The summed E-state index contributed by atoms with van der Waals surface area (Å²) in [5.74, 6) is 2.40. The van der Waals surface area contributed by atoms with Crippen LogP contribution in [0.25, 0.3) is 20.1 Å². The number of aromatic nitrogens is 1. The van der Waals surface area contributed by atoms with Gasteiger partial charge in [-0.2, -0.15) is 11.8 Å². The van der Waals surface area contributed by atoms with Gasteiger partial charge in [0.1, 0.15) is 14.8 Å². The summed E-state index contributed by atoms with van der Waals surface area (Å²) in [6.07, 6.45) is 0. The van der Waals surface area contributed by atoms with Gasteiger partial charge >= 0.3 is 0 Å². The maximum Gasteiger partial charge on any atom is 0.142 e. The molecule has 4 heterocycles. The summed E-state index contributed by atoms with van der Waals surface area (Å²) >= 11 is 5.32. The molecule has 2 aromatic carbocycles. The third-order valence-electron chi connectivity index (χ3n) is 6.06. The average molecular weight is 508 g/mol. The van der Waals surface area contributed by atoms with Crippen LogP contribution in [0.3, 0.4) is 0 Å². The van der Waals surface area contributed by atoms with Gasteiger partial charge in [0.2, 0.25) is 0 Å². The summed E-state index contributed by atoms with van der Waals surface area (Å²) in [4.78, 5) is 10.7. The second kappa shape index (κ2) is 10.0. The second-order valence-electron chi connectivity index (χ2n) is 8.24. The molecule has 0 spiro atoms. The van der Waals surface area contributed by atoms with Crippen LogP contribution >= 0.6 is 34.4 Å². The molecule has 0 N–H and O–H groups in total. The van der Waals surface area contributed by atoms with E-state index in [4.69, 9.17) is 9.72 Å². The van der Waals surface area contributed by atoms with E-state index < -0.39 is 0 Å². The fourth-order valence-corrected chi connectivity index (χ4v) is 7.13. The third-order valence-corrected chi connectivity index (χ3v) is 9.09. The monoisotopic (exact) mass is 507 g/mol. The van der Waals surface area contributed by atoms with Crippen LogP contribution in [0.4, 0.5) is 22.1 Å². The van der Waals surface area contributed by atoms with E-state index in [1.54, 1.807) is 22.7 Å². The molecule has 0 atom stereocenters. The molecule has 2 saturated heterocycles. The van der Waals surface area contributed by atoms with Crippen LogP contribution in [0.15, 0.2) is 64.8 Å². The van der Waals surface area contributed by atoms with Crippen molar-refractivity contribution < 1.29 is 4.74 Å². The molecule has 6 nitrogen and oxygen atoms in total. The highest BCUT2D eigenvalue weighted by atomic mass is 32.2. The Kier molecular flexibility index (Phi) is 6.50. The highest BCUT2D eigenvalue weighted by Crippen LogP contribution is 2.39. The summed E-state index contributed by atoms with van der Waals surface area (Å²) in [7, 11) is 0. The standard InChI is InChI=1S/C25H25N5OS3/c1-5-20(29-9-13-31-14-10-29)6-2-18(1)24-26-25-22(33-24)17-23(34-25)28-27-19-3-7-21(8-4-19)30-11-15-32-16-12-30/h1-8,17H,9-16H2. The van der Waals surface area contributed by atoms with Gasteiger partial charge < -0.3 is 14.5 Å². The predicted octanol–water partition coefficient (Wildman–Crippen LogP) is 6.83. The molecular weight excluding hydrogens is 483 g/mol. The molecule has 0 amide bonds. The van der Waals surface area contributed by atoms with Crippen LogP contribution in [-0.2, 0) is 4.74 Å². The quantitative estimate of drug-likeness (QED) is 0.277. The van der Waals surface area contributed by atoms with Crippen molar-refractivity contribution in [2.45, 2.75) is 0 Å². The largest absolute Gasteiger partial charge is 0.378 e. The Bertz CT molecular complexity index is 1240. The van der Waals surface area contributed by atoms with Crippen molar-refractivity contribution in [2.75, 3.05) is 60.7 Å². The molecule has 2 aliphatic rings. The Morgan fingerprint density at radius 2 is 1.44 bits per heavy atom. The normalized spacial score (nSPS) is 17.2. The first kappa shape index (κ1) is 22.0. The van der Waals surface area contributed by atoms with Crippen molar-refractivity contribution in [3.8, 4) is 10.6 Å². The van der Waals surface area contributed by atoms with E-state index in [1.165, 1.54) is 22.9 Å². The molecule has 0 radical (unpaired) electrons. The van der Waals surface area contributed by atoms with Crippen molar-refractivity contribution in [1.82, 2.24) is 4.98 Å². The number of anilines is 2. The zero-order chi connectivity index (χ0) is 22.7. The zero-order valence-electron chi connectivity index (χ0n) is 18.7. The van der Waals surface area contributed by atoms with Crippen molar-refractivity contribution in [3.05, 3.63) is 54.6 Å². The molecule has 0 saturated carbocycles. The lowest BCUT2D eigenvalue weighted by Gasteiger charge is -2.28. The molecule has 2 fully saturated rings. The van der Waals surface area contributed by atoms with E-state index in [9.17, 15) is 0 Å². The van der Waals surface area contributed by atoms with Crippen LogP contribution < -0.4 is 9.80 Å². The number of nitrogens with zero attached hydrogens (tertiary/aromatic N) is 5. The van der Waals surface area contributed by atoms with Crippen molar-refractivity contribution in [3.63, 3.8) is 0 Å². The first-order valence-corrected chi connectivity index (χ1v) is 14.3. The Morgan fingerprint density at radius 3 is 2.15 bits per heavy atom. The molecule has 34 heavy (non-hydrogen) atoms. The highest BCUT2D eigenvalue weighted by molar-refractivity contribution is 7.99. The number of benzene rings is 2. The number of thiophene rings is 1. The summed E-state index contributed by atoms with van der Waals surface area (Å²) in [5, 5.41) is 10.9. The SMILES string of the molecule is c1cc(N2CCSCC2)ccc1N=Nc1cc2sc(-c3ccc(N4CCOCC4)cc3)nc2s1. The van der Waals surface area contributed by atoms with Gasteiger partial charge in [0.25, 0.3) is 0 Å². The molecule has 0 bridgehead atoms. The van der Waals surface area contributed by atoms with Crippen molar-refractivity contribution in [2.24, 2.45) is 10.2 Å². The number of morpholine rings is 1. The van der Waals surface area contributed by atoms with Gasteiger partial charge in [-0.25, -0.2) is 4.98 Å². The van der Waals surface area contributed by atoms with Gasteiger partial charge in [-0.3, -0.25) is 0 Å². The van der Waals surface area contributed by atoms with Crippen LogP contribution in [-0.4, -0.2) is 55.9 Å². The second-order valence-corrected chi connectivity index (χ2v) is 11.5. The smallest absolute Gasteiger partial charge is 0.142 e.